The standard InChI is InChI=1S/C6H2BrClF3NO2S/c7-5-4(15(8,13)14)3(6(10)11)2(9)1-12-5/h1,6H. The first-order valence-corrected chi connectivity index (χ1v) is 6.42. The van der Waals surface area contributed by atoms with Gasteiger partial charge in [-0.1, -0.05) is 0 Å². The number of pyridine rings is 1. The highest BCUT2D eigenvalue weighted by Gasteiger charge is 2.29. The normalized spacial score (nSPS) is 12.1. The molecule has 0 aromatic carbocycles. The zero-order valence-electron chi connectivity index (χ0n) is 6.72. The van der Waals surface area contributed by atoms with Crippen LogP contribution in [0.1, 0.15) is 12.0 Å². The van der Waals surface area contributed by atoms with Gasteiger partial charge in [-0.2, -0.15) is 0 Å². The van der Waals surface area contributed by atoms with Crippen molar-refractivity contribution in [2.24, 2.45) is 0 Å². The summed E-state index contributed by atoms with van der Waals surface area (Å²) in [6, 6.07) is 0. The minimum atomic E-state index is -4.49. The zero-order valence-corrected chi connectivity index (χ0v) is 9.87. The van der Waals surface area contributed by atoms with Crippen molar-refractivity contribution in [2.45, 2.75) is 11.3 Å². The molecule has 0 aliphatic carbocycles. The van der Waals surface area contributed by atoms with E-state index in [0.717, 1.165) is 0 Å². The Balaban J connectivity index is 3.68. The van der Waals surface area contributed by atoms with Gasteiger partial charge < -0.3 is 0 Å². The lowest BCUT2D eigenvalue weighted by Gasteiger charge is -2.07. The fourth-order valence-electron chi connectivity index (χ4n) is 0.896. The van der Waals surface area contributed by atoms with Gasteiger partial charge in [-0.15, -0.1) is 0 Å². The number of hydrogen-bond acceptors (Lipinski definition) is 3. The van der Waals surface area contributed by atoms with Gasteiger partial charge in [0, 0.05) is 10.7 Å². The maximum absolute atomic E-state index is 12.9. The summed E-state index contributed by atoms with van der Waals surface area (Å²) in [7, 11) is 0.398. The van der Waals surface area contributed by atoms with E-state index in [9.17, 15) is 21.6 Å². The second kappa shape index (κ2) is 4.26. The van der Waals surface area contributed by atoms with Gasteiger partial charge in [0.05, 0.1) is 11.8 Å². The molecule has 1 rings (SSSR count). The van der Waals surface area contributed by atoms with E-state index in [4.69, 9.17) is 10.7 Å². The number of halogens is 5. The number of alkyl halides is 2. The predicted octanol–water partition coefficient (Wildman–Crippen LogP) is 2.85. The molecule has 1 aromatic heterocycles. The fourth-order valence-corrected chi connectivity index (χ4v) is 3.30. The highest BCUT2D eigenvalue weighted by atomic mass is 79.9. The Bertz CT molecular complexity index is 493. The van der Waals surface area contributed by atoms with Crippen LogP contribution in [-0.4, -0.2) is 13.4 Å². The Labute approximate surface area is 95.8 Å². The second-order valence-corrected chi connectivity index (χ2v) is 5.63. The third-order valence-corrected chi connectivity index (χ3v) is 3.67. The zero-order chi connectivity index (χ0) is 11.8. The van der Waals surface area contributed by atoms with Crippen LogP contribution in [0, 0.1) is 5.82 Å². The van der Waals surface area contributed by atoms with Crippen LogP contribution in [0.15, 0.2) is 15.7 Å². The van der Waals surface area contributed by atoms with Gasteiger partial charge in [-0.3, -0.25) is 0 Å². The Hall–Kier alpha value is -0.340. The van der Waals surface area contributed by atoms with Crippen LogP contribution >= 0.6 is 26.6 Å². The van der Waals surface area contributed by atoms with E-state index in [0.29, 0.717) is 6.20 Å². The van der Waals surface area contributed by atoms with Gasteiger partial charge >= 0.3 is 0 Å². The first kappa shape index (κ1) is 12.7. The average Bonchev–Trinajstić information content (AvgIpc) is 2.05. The van der Waals surface area contributed by atoms with Crippen molar-refractivity contribution in [3.05, 3.63) is 22.2 Å². The van der Waals surface area contributed by atoms with E-state index in [1.54, 1.807) is 0 Å². The SMILES string of the molecule is O=S(=O)(Cl)c1c(Br)ncc(F)c1C(F)F. The Kier molecular flexibility index (Phi) is 3.62. The topological polar surface area (TPSA) is 47.0 Å². The smallest absolute Gasteiger partial charge is 0.245 e. The van der Waals surface area contributed by atoms with Gasteiger partial charge in [0.2, 0.25) is 0 Å². The Morgan fingerprint density at radius 3 is 2.33 bits per heavy atom. The number of hydrogen-bond donors (Lipinski definition) is 0. The summed E-state index contributed by atoms with van der Waals surface area (Å²) >= 11 is 2.61. The third kappa shape index (κ3) is 2.61. The number of rotatable bonds is 2. The van der Waals surface area contributed by atoms with Gasteiger partial charge in [-0.05, 0) is 15.9 Å². The van der Waals surface area contributed by atoms with Gasteiger partial charge in [0.15, 0.2) is 5.82 Å². The van der Waals surface area contributed by atoms with Crippen molar-refractivity contribution >= 4 is 35.7 Å². The van der Waals surface area contributed by atoms with E-state index in [1.165, 1.54) is 0 Å². The van der Waals surface area contributed by atoms with Crippen LogP contribution in [0.5, 0.6) is 0 Å². The maximum atomic E-state index is 12.9. The Morgan fingerprint density at radius 1 is 1.47 bits per heavy atom. The molecule has 1 heterocycles. The molecule has 0 aliphatic rings. The average molecular weight is 325 g/mol. The minimum Gasteiger partial charge on any atom is -0.245 e. The molecule has 0 atom stereocenters. The largest absolute Gasteiger partial charge is 0.268 e. The molecule has 0 unspecified atom stereocenters. The first-order chi connectivity index (χ1) is 6.75. The lowest BCUT2D eigenvalue weighted by molar-refractivity contribution is 0.142. The maximum Gasteiger partial charge on any atom is 0.268 e. The van der Waals surface area contributed by atoms with Gasteiger partial charge in [0.25, 0.3) is 15.5 Å². The lowest BCUT2D eigenvalue weighted by Crippen LogP contribution is -2.05. The van der Waals surface area contributed by atoms with Crippen LogP contribution in [0.4, 0.5) is 13.2 Å². The van der Waals surface area contributed by atoms with Crippen LogP contribution in [0.3, 0.4) is 0 Å². The molecule has 0 saturated heterocycles. The molecule has 0 bridgehead atoms. The second-order valence-electron chi connectivity index (χ2n) is 2.38. The van der Waals surface area contributed by atoms with Crippen LogP contribution in [0.25, 0.3) is 0 Å². The summed E-state index contributed by atoms with van der Waals surface area (Å²) in [6.45, 7) is 0. The van der Waals surface area contributed by atoms with Crippen molar-refractivity contribution < 1.29 is 21.6 Å². The number of aromatic nitrogens is 1. The summed E-state index contributed by atoms with van der Waals surface area (Å²) in [4.78, 5) is 2.19. The van der Waals surface area contributed by atoms with Crippen molar-refractivity contribution in [1.29, 1.82) is 0 Å². The molecule has 3 nitrogen and oxygen atoms in total. The summed E-state index contributed by atoms with van der Waals surface area (Å²) in [5, 5.41) is 0. The predicted molar refractivity (Wildman–Crippen MR) is 49.9 cm³/mol. The van der Waals surface area contributed by atoms with Crippen LogP contribution < -0.4 is 0 Å². The first-order valence-electron chi connectivity index (χ1n) is 3.32. The molecule has 0 radical (unpaired) electrons. The quantitative estimate of drug-likeness (QED) is 0.621. The monoisotopic (exact) mass is 323 g/mol. The van der Waals surface area contributed by atoms with E-state index in [1.807, 2.05) is 0 Å². The molecule has 84 valence electrons. The minimum absolute atomic E-state index is 0.450. The molecule has 0 aliphatic heterocycles. The molecular formula is C6H2BrClF3NO2S. The molecule has 9 heteroatoms. The van der Waals surface area contributed by atoms with E-state index in [-0.39, 0.29) is 0 Å². The van der Waals surface area contributed by atoms with E-state index >= 15 is 0 Å². The lowest BCUT2D eigenvalue weighted by atomic mass is 10.3. The van der Waals surface area contributed by atoms with Crippen LogP contribution in [0.2, 0.25) is 0 Å². The van der Waals surface area contributed by atoms with Crippen molar-refractivity contribution in [3.63, 3.8) is 0 Å². The molecule has 1 aromatic rings. The molecule has 0 amide bonds. The molecule has 0 saturated carbocycles. The van der Waals surface area contributed by atoms with E-state index in [2.05, 4.69) is 20.9 Å². The highest BCUT2D eigenvalue weighted by Crippen LogP contribution is 2.34. The molecule has 0 fully saturated rings. The summed E-state index contributed by atoms with van der Waals surface area (Å²) in [5.74, 6) is -1.42. The highest BCUT2D eigenvalue weighted by molar-refractivity contribution is 9.10. The van der Waals surface area contributed by atoms with E-state index < -0.39 is 36.4 Å². The van der Waals surface area contributed by atoms with Crippen molar-refractivity contribution in [3.8, 4) is 0 Å². The summed E-state index contributed by atoms with van der Waals surface area (Å²) < 4.78 is 59.1. The third-order valence-electron chi connectivity index (χ3n) is 1.44. The molecular weight excluding hydrogens is 322 g/mol. The van der Waals surface area contributed by atoms with Crippen LogP contribution in [-0.2, 0) is 9.05 Å². The van der Waals surface area contributed by atoms with Crippen molar-refractivity contribution in [1.82, 2.24) is 4.98 Å². The molecule has 0 N–H and O–H groups in total. The van der Waals surface area contributed by atoms with Crippen molar-refractivity contribution in [2.75, 3.05) is 0 Å². The summed E-state index contributed by atoms with van der Waals surface area (Å²) in [6.07, 6.45) is -2.82. The number of nitrogens with zero attached hydrogens (tertiary/aromatic N) is 1. The summed E-state index contributed by atoms with van der Waals surface area (Å²) in [5.41, 5.74) is -1.29. The fraction of sp³-hybridized carbons (Fsp3) is 0.167. The van der Waals surface area contributed by atoms with Gasteiger partial charge in [-0.25, -0.2) is 26.6 Å². The molecule has 0 spiro atoms. The molecule has 15 heavy (non-hydrogen) atoms. The van der Waals surface area contributed by atoms with Gasteiger partial charge in [0.1, 0.15) is 9.50 Å². The Morgan fingerprint density at radius 2 is 2.00 bits per heavy atom.